The van der Waals surface area contributed by atoms with Crippen molar-refractivity contribution in [2.45, 2.75) is 145 Å². The summed E-state index contributed by atoms with van der Waals surface area (Å²) in [6.45, 7) is 2.88. The van der Waals surface area contributed by atoms with Gasteiger partial charge in [0.2, 0.25) is 82.7 Å². The molecule has 0 radical (unpaired) electrons. The van der Waals surface area contributed by atoms with Gasteiger partial charge >= 0.3 is 5.97 Å². The smallest absolute Gasteiger partial charge is 0.303 e. The Bertz CT molecular complexity index is 3310. The van der Waals surface area contributed by atoms with Gasteiger partial charge in [0, 0.05) is 66.3 Å². The summed E-state index contributed by atoms with van der Waals surface area (Å²) in [5.41, 5.74) is 17.9. The maximum atomic E-state index is 14.5. The fraction of sp³-hybridized carbons (Fsp3) is 0.509. The molecule has 0 spiro atoms. The number of hydrogen-bond donors (Lipinski definition) is 20. The second kappa shape index (κ2) is 36.3. The predicted octanol–water partition coefficient (Wildman–Crippen LogP) is -8.12. The van der Waals surface area contributed by atoms with Crippen molar-refractivity contribution in [3.63, 3.8) is 0 Å². The minimum Gasteiger partial charge on any atom is -0.481 e. The number of carbonyl (C=O) groups is 15. The molecule has 23 N–H and O–H groups in total. The topological polar surface area (TPSA) is 588 Å². The van der Waals surface area contributed by atoms with E-state index in [1.165, 1.54) is 40.2 Å². The summed E-state index contributed by atoms with van der Waals surface area (Å²) >= 11 is 0. The van der Waals surface area contributed by atoms with Gasteiger partial charge in [0.25, 0.3) is 0 Å². The van der Waals surface area contributed by atoms with Gasteiger partial charge in [-0.3, -0.25) is 76.9 Å². The maximum Gasteiger partial charge on any atom is 0.303 e. The van der Waals surface area contributed by atoms with E-state index < -0.39 is 205 Å². The number of carboxylic acid groups (broad SMARTS) is 1. The number of carbonyl (C=O) groups excluding carboxylic acids is 14. The molecule has 2 aliphatic rings. The first-order chi connectivity index (χ1) is 44.5. The number of primary amides is 1. The molecule has 2 bridgehead atoms. The van der Waals surface area contributed by atoms with Crippen LogP contribution >= 0.6 is 21.6 Å². The molecule has 2 fully saturated rings. The van der Waals surface area contributed by atoms with Gasteiger partial charge in [0.1, 0.15) is 72.5 Å². The molecule has 0 unspecified atom stereocenters. The highest BCUT2D eigenvalue weighted by Gasteiger charge is 2.37. The number of rotatable bonds is 14. The lowest BCUT2D eigenvalue weighted by Gasteiger charge is -2.27. The average Bonchev–Trinajstić information content (AvgIpc) is 1.64. The average molecular weight is 1360 g/mol. The van der Waals surface area contributed by atoms with Crippen molar-refractivity contribution in [2.24, 2.45) is 22.2 Å². The first-order valence-electron chi connectivity index (χ1n) is 29.4. The van der Waals surface area contributed by atoms with Crippen LogP contribution < -0.4 is 86.3 Å². The van der Waals surface area contributed by atoms with Gasteiger partial charge in [-0.2, -0.15) is 0 Å². The molecule has 12 atom stereocenters. The molecule has 2 saturated heterocycles. The number of aliphatic imine (C=N–C) groups is 1. The Morgan fingerprint density at radius 3 is 1.60 bits per heavy atom. The standard InChI is InChI=1S/C55H78N20O17S2/c1-24-43(81)64-25(2)44(82)66-27(4)46(84)75-39-22-94-93-21-38(53(91)70-33(11-12-42(79)80)48(86)73-36(16-40(56)77)51(89)72-35(15-29-18-59-23-63-29)49(87)67-26(3)45(83)65-24)68-41(78)19-62-47(85)32(10-7-13-60-55(57)58)69-50(88)34(71-52(90)37(20-76)74-54(39)92)14-28-17-61-31-9-6-5-8-30(28)31/h5-6,8-9,17-18,23-27,32-39,61,76H,7,10-16,19-22H2,1-4H3,(H2,56,77)(H,59,63)(H,62,85)(H,64,81)(H,65,83)(H,66,82)(H,67,87)(H,68,78)(H,69,88)(H,70,91)(H,71,90)(H,72,89)(H,73,86)(H,74,92)(H,75,84)(H,79,80)(H4,57,58,60)/t24-,25-,26-,27-,32-,33-,34-,35-,36-,37-,38-,39-/m0/s1. The van der Waals surface area contributed by atoms with Gasteiger partial charge in [-0.15, -0.1) is 0 Å². The van der Waals surface area contributed by atoms with Crippen LogP contribution in [0, 0.1) is 0 Å². The van der Waals surface area contributed by atoms with Gasteiger partial charge < -0.3 is 107 Å². The molecule has 5 rings (SSSR count). The number of para-hydroxylation sites is 1. The summed E-state index contributed by atoms with van der Waals surface area (Å²) in [6, 6.07) is -12.6. The Hall–Kier alpha value is -10.0. The van der Waals surface area contributed by atoms with Crippen LogP contribution in [0.1, 0.15) is 71.1 Å². The molecule has 94 heavy (non-hydrogen) atoms. The highest BCUT2D eigenvalue weighted by atomic mass is 33.1. The highest BCUT2D eigenvalue weighted by Crippen LogP contribution is 2.24. The molecular weight excluding hydrogens is 1280 g/mol. The largest absolute Gasteiger partial charge is 0.481 e. The minimum atomic E-state index is -1.95. The lowest BCUT2D eigenvalue weighted by atomic mass is 10.0. The molecule has 2 aliphatic heterocycles. The van der Waals surface area contributed by atoms with Crippen LogP contribution in [-0.4, -0.2) is 223 Å². The van der Waals surface area contributed by atoms with E-state index >= 15 is 0 Å². The van der Waals surface area contributed by atoms with E-state index in [1.54, 1.807) is 30.5 Å². The van der Waals surface area contributed by atoms with E-state index in [0.717, 1.165) is 21.6 Å². The molecule has 0 aliphatic carbocycles. The number of aliphatic carboxylic acids is 1. The molecule has 0 saturated carbocycles. The first-order valence-corrected chi connectivity index (χ1v) is 31.9. The zero-order valence-electron chi connectivity index (χ0n) is 51.4. The third-order valence-electron chi connectivity index (χ3n) is 14.3. The molecule has 512 valence electrons. The minimum absolute atomic E-state index is 0.0475. The lowest BCUT2D eigenvalue weighted by molar-refractivity contribution is -0.138. The monoisotopic (exact) mass is 1350 g/mol. The number of benzene rings is 1. The first kappa shape index (κ1) is 74.7. The van der Waals surface area contributed by atoms with Crippen LogP contribution in [0.15, 0.2) is 48.0 Å². The Labute approximate surface area is 544 Å². The number of aliphatic hydroxyl groups excluding tert-OH is 1. The fourth-order valence-corrected chi connectivity index (χ4v) is 11.5. The van der Waals surface area contributed by atoms with Gasteiger partial charge in [0.05, 0.1) is 25.9 Å². The van der Waals surface area contributed by atoms with Crippen LogP contribution in [0.3, 0.4) is 0 Å². The van der Waals surface area contributed by atoms with Crippen molar-refractivity contribution in [2.75, 3.05) is 31.2 Å². The number of aromatic nitrogens is 3. The zero-order valence-corrected chi connectivity index (χ0v) is 53.0. The molecule has 14 amide bonds. The van der Waals surface area contributed by atoms with Crippen LogP contribution in [0.25, 0.3) is 10.9 Å². The van der Waals surface area contributed by atoms with Gasteiger partial charge in [-0.25, -0.2) is 4.98 Å². The molecule has 39 heteroatoms. The Morgan fingerprint density at radius 2 is 1.03 bits per heavy atom. The number of aromatic amines is 2. The normalized spacial score (nSPS) is 26.2. The number of imidazole rings is 1. The Kier molecular flexibility index (Phi) is 28.8. The Morgan fingerprint density at radius 1 is 0.553 bits per heavy atom. The van der Waals surface area contributed by atoms with Gasteiger partial charge in [0.15, 0.2) is 5.96 Å². The van der Waals surface area contributed by atoms with E-state index in [1.807, 2.05) is 0 Å². The third kappa shape index (κ3) is 23.6. The number of amides is 14. The van der Waals surface area contributed by atoms with Crippen LogP contribution in [0.5, 0.6) is 0 Å². The number of aliphatic hydroxyl groups is 1. The van der Waals surface area contributed by atoms with Crippen LogP contribution in [0.4, 0.5) is 0 Å². The molecule has 4 heterocycles. The van der Waals surface area contributed by atoms with Crippen molar-refractivity contribution in [3.05, 3.63) is 54.2 Å². The second-order valence-corrected chi connectivity index (χ2v) is 24.4. The predicted molar refractivity (Wildman–Crippen MR) is 336 cm³/mol. The summed E-state index contributed by atoms with van der Waals surface area (Å²) in [4.78, 5) is 220. The van der Waals surface area contributed by atoms with Gasteiger partial charge in [-0.1, -0.05) is 39.8 Å². The maximum absolute atomic E-state index is 14.5. The third-order valence-corrected chi connectivity index (χ3v) is 16.7. The SMILES string of the molecule is C[C@@H]1NC(=O)[C@H](C)NC(=O)[C@H](C)NC(=O)[C@H](Cc2cnc[nH]2)NC(=O)[C@H](CC(N)=O)NC(=O)[C@H](CCC(=O)O)NC(=O)[C@@H]2CSSC[C@H](NC(=O)[C@H](C)NC1=O)C(=O)N[C@@H](CO)C(=O)N[C@@H](Cc1c[nH]c3ccccc13)C(=O)N[C@@H](CCCN=C(N)N)C(=O)NCC(=O)N2. The number of hydrogen-bond acceptors (Lipinski definition) is 20. The summed E-state index contributed by atoms with van der Waals surface area (Å²) in [5.74, 6) is -17.8. The van der Waals surface area contributed by atoms with Crippen LogP contribution in [-0.2, 0) is 84.8 Å². The summed E-state index contributed by atoms with van der Waals surface area (Å²) in [7, 11) is 1.53. The lowest BCUT2D eigenvalue weighted by Crippen LogP contribution is -2.61. The highest BCUT2D eigenvalue weighted by molar-refractivity contribution is 8.76. The molecule has 1 aromatic carbocycles. The Balaban J connectivity index is 1.58. The number of H-pyrrole nitrogens is 2. The van der Waals surface area contributed by atoms with Crippen molar-refractivity contribution >= 4 is 127 Å². The van der Waals surface area contributed by atoms with Crippen LogP contribution in [0.2, 0.25) is 0 Å². The molecule has 37 nitrogen and oxygen atoms in total. The number of guanidine groups is 1. The second-order valence-electron chi connectivity index (χ2n) is 21.8. The number of nitrogens with zero attached hydrogens (tertiary/aromatic N) is 2. The fourth-order valence-electron chi connectivity index (χ4n) is 9.12. The van der Waals surface area contributed by atoms with E-state index in [0.29, 0.717) is 16.5 Å². The number of nitrogens with one attached hydrogen (secondary N) is 15. The van der Waals surface area contributed by atoms with E-state index in [2.05, 4.69) is 89.1 Å². The van der Waals surface area contributed by atoms with Crippen molar-refractivity contribution in [1.29, 1.82) is 0 Å². The quantitative estimate of drug-likeness (QED) is 0.0308. The van der Waals surface area contributed by atoms with E-state index in [4.69, 9.17) is 17.2 Å². The number of carboxylic acids is 1. The summed E-state index contributed by atoms with van der Waals surface area (Å²) in [6.07, 6.45) is 0.885. The van der Waals surface area contributed by atoms with Crippen molar-refractivity contribution in [1.82, 2.24) is 84.1 Å². The van der Waals surface area contributed by atoms with E-state index in [9.17, 15) is 82.1 Å². The zero-order chi connectivity index (χ0) is 69.3. The van der Waals surface area contributed by atoms with Crippen molar-refractivity contribution in [3.8, 4) is 0 Å². The number of nitrogens with two attached hydrogens (primary N) is 3. The summed E-state index contributed by atoms with van der Waals surface area (Å²) in [5, 5.41) is 52.3. The molecular formula is C55H78N20O17S2. The molecule has 3 aromatic rings. The summed E-state index contributed by atoms with van der Waals surface area (Å²) < 4.78 is 0. The van der Waals surface area contributed by atoms with Gasteiger partial charge in [-0.05, 0) is 58.6 Å². The van der Waals surface area contributed by atoms with Crippen molar-refractivity contribution < 1.29 is 82.1 Å². The van der Waals surface area contributed by atoms with E-state index in [-0.39, 0.29) is 43.9 Å². The molecule has 2 aromatic heterocycles. The number of fused-ring (bicyclic) bond motifs is 6.